The topological polar surface area (TPSA) is 26.0 Å². The fourth-order valence-corrected chi connectivity index (χ4v) is 1.97. The molecule has 14 heavy (non-hydrogen) atoms. The van der Waals surface area contributed by atoms with Gasteiger partial charge in [0.15, 0.2) is 0 Å². The lowest BCUT2D eigenvalue weighted by atomic mass is 9.78. The van der Waals surface area contributed by atoms with Crippen LogP contribution in [0.4, 0.5) is 4.39 Å². The third-order valence-corrected chi connectivity index (χ3v) is 3.12. The number of nitrogens with two attached hydrogens (primary N) is 1. The van der Waals surface area contributed by atoms with Crippen LogP contribution in [0.2, 0.25) is 0 Å². The van der Waals surface area contributed by atoms with Crippen molar-refractivity contribution in [3.63, 3.8) is 0 Å². The molecule has 76 valence electrons. The average molecular weight is 193 g/mol. The molecular formula is C12H16FN. The average Bonchev–Trinajstić information content (AvgIpc) is 1.99. The molecule has 1 unspecified atom stereocenters. The summed E-state index contributed by atoms with van der Waals surface area (Å²) < 4.78 is 12.9. The van der Waals surface area contributed by atoms with Crippen LogP contribution in [-0.2, 0) is 6.42 Å². The molecule has 0 saturated heterocycles. The molecule has 0 aliphatic heterocycles. The van der Waals surface area contributed by atoms with Crippen LogP contribution in [0.5, 0.6) is 0 Å². The van der Waals surface area contributed by atoms with E-state index in [1.54, 1.807) is 12.1 Å². The Morgan fingerprint density at radius 1 is 1.43 bits per heavy atom. The summed E-state index contributed by atoms with van der Waals surface area (Å²) in [4.78, 5) is 0. The van der Waals surface area contributed by atoms with Gasteiger partial charge in [0.1, 0.15) is 5.82 Å². The highest BCUT2D eigenvalue weighted by molar-refractivity contribution is 5.17. The number of hydrogen-bond acceptors (Lipinski definition) is 1. The van der Waals surface area contributed by atoms with Gasteiger partial charge in [-0.15, -0.1) is 0 Å². The van der Waals surface area contributed by atoms with E-state index in [9.17, 15) is 4.39 Å². The molecule has 1 aliphatic carbocycles. The van der Waals surface area contributed by atoms with Gasteiger partial charge in [-0.3, -0.25) is 0 Å². The number of benzene rings is 1. The first-order valence-corrected chi connectivity index (χ1v) is 5.26. The van der Waals surface area contributed by atoms with Crippen molar-refractivity contribution in [2.45, 2.75) is 31.7 Å². The van der Waals surface area contributed by atoms with Crippen LogP contribution in [0, 0.1) is 11.7 Å². The summed E-state index contributed by atoms with van der Waals surface area (Å²) in [5.74, 6) is 0.501. The third-order valence-electron chi connectivity index (χ3n) is 3.12. The Labute approximate surface area is 84.1 Å². The predicted octanol–water partition coefficient (Wildman–Crippen LogP) is 2.50. The summed E-state index contributed by atoms with van der Waals surface area (Å²) in [6, 6.07) is 6.96. The van der Waals surface area contributed by atoms with Gasteiger partial charge < -0.3 is 5.73 Å². The maximum atomic E-state index is 12.9. The molecule has 0 bridgehead atoms. The normalized spacial score (nSPS) is 19.0. The van der Waals surface area contributed by atoms with Crippen molar-refractivity contribution in [3.8, 4) is 0 Å². The van der Waals surface area contributed by atoms with Crippen molar-refractivity contribution in [1.82, 2.24) is 0 Å². The van der Waals surface area contributed by atoms with Gasteiger partial charge in [0.2, 0.25) is 0 Å². The van der Waals surface area contributed by atoms with Crippen molar-refractivity contribution >= 4 is 0 Å². The van der Waals surface area contributed by atoms with Crippen LogP contribution in [0.25, 0.3) is 0 Å². The number of hydrogen-bond donors (Lipinski definition) is 1. The first-order valence-electron chi connectivity index (χ1n) is 5.26. The third kappa shape index (κ3) is 2.13. The summed E-state index contributed by atoms with van der Waals surface area (Å²) in [6.45, 7) is 0. The van der Waals surface area contributed by atoms with E-state index in [-0.39, 0.29) is 11.9 Å². The van der Waals surface area contributed by atoms with Crippen molar-refractivity contribution in [3.05, 3.63) is 35.6 Å². The highest BCUT2D eigenvalue weighted by Crippen LogP contribution is 2.29. The maximum Gasteiger partial charge on any atom is 0.123 e. The Balaban J connectivity index is 1.95. The molecule has 1 aromatic rings. The monoisotopic (exact) mass is 193 g/mol. The van der Waals surface area contributed by atoms with Crippen LogP contribution < -0.4 is 5.73 Å². The van der Waals surface area contributed by atoms with Crippen LogP contribution in [-0.4, -0.2) is 6.04 Å². The van der Waals surface area contributed by atoms with E-state index < -0.39 is 0 Å². The molecule has 0 radical (unpaired) electrons. The highest BCUT2D eigenvalue weighted by atomic mass is 19.1. The van der Waals surface area contributed by atoms with Crippen LogP contribution in [0.1, 0.15) is 24.8 Å². The van der Waals surface area contributed by atoms with Crippen LogP contribution in [0.15, 0.2) is 24.3 Å². The van der Waals surface area contributed by atoms with Gasteiger partial charge in [0.05, 0.1) is 0 Å². The minimum absolute atomic E-state index is 0.164. The standard InChI is InChI=1S/C12H16FN/c13-11-6-1-3-9(7-11)8-12(14)10-4-2-5-10/h1,3,6-7,10,12H,2,4-5,8,14H2. The molecule has 0 spiro atoms. The smallest absolute Gasteiger partial charge is 0.123 e. The molecular weight excluding hydrogens is 177 g/mol. The van der Waals surface area contributed by atoms with Gasteiger partial charge in [0.25, 0.3) is 0 Å². The molecule has 0 amide bonds. The lowest BCUT2D eigenvalue weighted by molar-refractivity contribution is 0.260. The van der Waals surface area contributed by atoms with E-state index in [1.165, 1.54) is 25.3 Å². The molecule has 2 N–H and O–H groups in total. The fraction of sp³-hybridized carbons (Fsp3) is 0.500. The lowest BCUT2D eigenvalue weighted by Gasteiger charge is -2.31. The van der Waals surface area contributed by atoms with Crippen LogP contribution in [0.3, 0.4) is 0 Å². The second-order valence-electron chi connectivity index (χ2n) is 4.19. The molecule has 1 nitrogen and oxygen atoms in total. The molecule has 0 aromatic heterocycles. The second-order valence-corrected chi connectivity index (χ2v) is 4.19. The fourth-order valence-electron chi connectivity index (χ4n) is 1.97. The van der Waals surface area contributed by atoms with Crippen molar-refractivity contribution in [1.29, 1.82) is 0 Å². The largest absolute Gasteiger partial charge is 0.327 e. The summed E-state index contributed by atoms with van der Waals surface area (Å²) in [6.07, 6.45) is 4.61. The van der Waals surface area contributed by atoms with Gasteiger partial charge in [-0.2, -0.15) is 0 Å². The van der Waals surface area contributed by atoms with Crippen molar-refractivity contribution < 1.29 is 4.39 Å². The molecule has 2 heteroatoms. The molecule has 1 fully saturated rings. The minimum atomic E-state index is -0.164. The number of rotatable bonds is 3. The van der Waals surface area contributed by atoms with E-state index in [4.69, 9.17) is 5.73 Å². The quantitative estimate of drug-likeness (QED) is 0.784. The molecule has 1 saturated carbocycles. The second kappa shape index (κ2) is 4.09. The van der Waals surface area contributed by atoms with Gasteiger partial charge in [-0.1, -0.05) is 18.6 Å². The van der Waals surface area contributed by atoms with Gasteiger partial charge in [0, 0.05) is 6.04 Å². The Bertz CT molecular complexity index is 307. The summed E-state index contributed by atoms with van der Waals surface area (Å²) in [5.41, 5.74) is 7.06. The summed E-state index contributed by atoms with van der Waals surface area (Å²) in [5, 5.41) is 0. The Hall–Kier alpha value is -0.890. The maximum absolute atomic E-state index is 12.9. The molecule has 2 rings (SSSR count). The highest BCUT2D eigenvalue weighted by Gasteiger charge is 2.24. The molecule has 1 aliphatic rings. The SMILES string of the molecule is NC(Cc1cccc(F)c1)C1CCC1. The van der Waals surface area contributed by atoms with E-state index in [2.05, 4.69) is 0 Å². The van der Waals surface area contributed by atoms with E-state index >= 15 is 0 Å². The van der Waals surface area contributed by atoms with Gasteiger partial charge in [-0.05, 0) is 42.9 Å². The van der Waals surface area contributed by atoms with Crippen LogP contribution >= 0.6 is 0 Å². The van der Waals surface area contributed by atoms with Crippen molar-refractivity contribution in [2.24, 2.45) is 11.7 Å². The predicted molar refractivity (Wildman–Crippen MR) is 55.4 cm³/mol. The molecule has 1 atom stereocenters. The first kappa shape index (κ1) is 9.66. The molecule has 0 heterocycles. The van der Waals surface area contributed by atoms with E-state index in [0.717, 1.165) is 12.0 Å². The summed E-state index contributed by atoms with van der Waals surface area (Å²) >= 11 is 0. The molecule has 1 aromatic carbocycles. The Morgan fingerprint density at radius 2 is 2.21 bits per heavy atom. The Kier molecular flexibility index (Phi) is 2.82. The van der Waals surface area contributed by atoms with E-state index in [0.29, 0.717) is 5.92 Å². The van der Waals surface area contributed by atoms with Gasteiger partial charge >= 0.3 is 0 Å². The Morgan fingerprint density at radius 3 is 2.79 bits per heavy atom. The van der Waals surface area contributed by atoms with E-state index in [1.807, 2.05) is 6.07 Å². The lowest BCUT2D eigenvalue weighted by Crippen LogP contribution is -2.36. The zero-order valence-electron chi connectivity index (χ0n) is 8.25. The summed E-state index contributed by atoms with van der Waals surface area (Å²) in [7, 11) is 0. The zero-order valence-corrected chi connectivity index (χ0v) is 8.25. The van der Waals surface area contributed by atoms with Crippen molar-refractivity contribution in [2.75, 3.05) is 0 Å². The number of halogens is 1. The zero-order chi connectivity index (χ0) is 9.97. The van der Waals surface area contributed by atoms with Gasteiger partial charge in [-0.25, -0.2) is 4.39 Å². The first-order chi connectivity index (χ1) is 6.75. The minimum Gasteiger partial charge on any atom is -0.327 e.